The first-order valence-corrected chi connectivity index (χ1v) is 10.9. The van der Waals surface area contributed by atoms with Crippen LogP contribution in [0.25, 0.3) is 0 Å². The molecule has 2 rings (SSSR count). The van der Waals surface area contributed by atoms with Crippen molar-refractivity contribution in [3.05, 3.63) is 22.5 Å². The minimum atomic E-state index is -1.28. The van der Waals surface area contributed by atoms with Gasteiger partial charge in [-0.1, -0.05) is 13.8 Å². The van der Waals surface area contributed by atoms with Gasteiger partial charge in [-0.05, 0) is 33.0 Å². The van der Waals surface area contributed by atoms with Crippen LogP contribution in [0.4, 0.5) is 10.2 Å². The summed E-state index contributed by atoms with van der Waals surface area (Å²) in [5, 5.41) is 2.31. The fourth-order valence-corrected chi connectivity index (χ4v) is 3.61. The third kappa shape index (κ3) is 7.06. The lowest BCUT2D eigenvalue weighted by Crippen LogP contribution is -2.40. The number of carbonyl (C=O) groups is 3. The van der Waals surface area contributed by atoms with Crippen molar-refractivity contribution in [2.75, 3.05) is 25.0 Å². The van der Waals surface area contributed by atoms with E-state index < -0.39 is 59.7 Å². The van der Waals surface area contributed by atoms with Gasteiger partial charge in [0.15, 0.2) is 30.1 Å². The molecule has 1 saturated heterocycles. The van der Waals surface area contributed by atoms with E-state index in [9.17, 15) is 23.6 Å². The minimum absolute atomic E-state index is 0.141. The van der Waals surface area contributed by atoms with Crippen LogP contribution in [-0.4, -0.2) is 70.2 Å². The van der Waals surface area contributed by atoms with Crippen molar-refractivity contribution in [2.45, 2.75) is 72.0 Å². The predicted molar refractivity (Wildman–Crippen MR) is 115 cm³/mol. The Bertz CT molecular complexity index is 918. The summed E-state index contributed by atoms with van der Waals surface area (Å²) in [4.78, 5) is 53.5. The van der Waals surface area contributed by atoms with Crippen molar-refractivity contribution in [3.8, 4) is 0 Å². The number of hydrogen-bond acceptors (Lipinski definition) is 9. The van der Waals surface area contributed by atoms with Crippen LogP contribution in [0, 0.1) is 5.82 Å². The molecule has 12 heteroatoms. The van der Waals surface area contributed by atoms with Gasteiger partial charge in [0.05, 0.1) is 12.3 Å². The Hall–Kier alpha value is -2.86. The summed E-state index contributed by atoms with van der Waals surface area (Å²) in [7, 11) is 0. The maximum atomic E-state index is 14.7. The fourth-order valence-electron chi connectivity index (χ4n) is 3.61. The molecule has 0 bridgehead atoms. The number of halogens is 1. The van der Waals surface area contributed by atoms with E-state index in [1.807, 2.05) is 13.8 Å². The molecule has 184 valence electrons. The average Bonchev–Trinajstić information content (AvgIpc) is 3.02. The number of rotatable bonds is 10. The van der Waals surface area contributed by atoms with Crippen LogP contribution < -0.4 is 11.0 Å². The number of aromatic nitrogens is 2. The highest BCUT2D eigenvalue weighted by molar-refractivity contribution is 5.89. The molecule has 1 aromatic heterocycles. The lowest BCUT2D eigenvalue weighted by Gasteiger charge is -2.23. The molecule has 1 fully saturated rings. The molecular weight excluding hydrogens is 439 g/mol. The van der Waals surface area contributed by atoms with Crippen molar-refractivity contribution < 1.29 is 33.0 Å². The van der Waals surface area contributed by atoms with E-state index in [4.69, 9.17) is 14.2 Å². The molecule has 0 radical (unpaired) electrons. The van der Waals surface area contributed by atoms with Crippen LogP contribution >= 0.6 is 0 Å². The van der Waals surface area contributed by atoms with Gasteiger partial charge in [0.1, 0.15) is 0 Å². The van der Waals surface area contributed by atoms with E-state index in [1.165, 1.54) is 6.92 Å². The van der Waals surface area contributed by atoms with Crippen LogP contribution in [0.2, 0.25) is 0 Å². The average molecular weight is 470 g/mol. The fraction of sp³-hybridized carbons (Fsp3) is 0.667. The quantitative estimate of drug-likeness (QED) is 0.502. The Kier molecular flexibility index (Phi) is 9.47. The van der Waals surface area contributed by atoms with Crippen LogP contribution in [-0.2, 0) is 28.6 Å². The van der Waals surface area contributed by atoms with E-state index >= 15 is 0 Å². The normalized spacial score (nSPS) is 22.3. The molecular formula is C21H31FN4O7. The number of ether oxygens (including phenoxy) is 3. The van der Waals surface area contributed by atoms with Gasteiger partial charge >= 0.3 is 17.6 Å². The number of amides is 1. The Morgan fingerprint density at radius 3 is 2.36 bits per heavy atom. The molecule has 1 aromatic rings. The van der Waals surface area contributed by atoms with Crippen molar-refractivity contribution >= 4 is 23.7 Å². The van der Waals surface area contributed by atoms with Crippen molar-refractivity contribution in [2.24, 2.45) is 0 Å². The third-order valence-electron chi connectivity index (χ3n) is 5.24. The summed E-state index contributed by atoms with van der Waals surface area (Å²) in [5.41, 5.74) is -0.937. The number of esters is 2. The Labute approximate surface area is 191 Å². The second kappa shape index (κ2) is 11.8. The first-order valence-electron chi connectivity index (χ1n) is 10.9. The number of carbonyl (C=O) groups excluding carboxylic acids is 3. The zero-order valence-electron chi connectivity index (χ0n) is 19.5. The first kappa shape index (κ1) is 26.4. The van der Waals surface area contributed by atoms with Gasteiger partial charge in [-0.15, -0.1) is 0 Å². The number of nitrogens with zero attached hydrogens (tertiary/aromatic N) is 3. The van der Waals surface area contributed by atoms with Crippen molar-refractivity contribution in [1.29, 1.82) is 0 Å². The summed E-state index contributed by atoms with van der Waals surface area (Å²) in [6, 6.07) is 0. The van der Waals surface area contributed by atoms with Crippen molar-refractivity contribution in [3.63, 3.8) is 0 Å². The SMILES string of the molecule is CCN(CC)CCCC(=O)Nc1nc(=O)n([C@@H]2O[C@H](C)[C@@H](OC(C)=O)[C@H]2OC(C)=O)cc1F. The molecule has 0 spiro atoms. The molecule has 1 N–H and O–H groups in total. The van der Waals surface area contributed by atoms with E-state index in [0.717, 1.165) is 37.3 Å². The maximum absolute atomic E-state index is 14.7. The van der Waals surface area contributed by atoms with Gasteiger partial charge in [-0.25, -0.2) is 9.18 Å². The van der Waals surface area contributed by atoms with Gasteiger partial charge in [0, 0.05) is 20.3 Å². The highest BCUT2D eigenvalue weighted by Crippen LogP contribution is 2.33. The summed E-state index contributed by atoms with van der Waals surface area (Å²) >= 11 is 0. The van der Waals surface area contributed by atoms with Crippen LogP contribution in [0.1, 0.15) is 53.7 Å². The molecule has 1 amide bonds. The van der Waals surface area contributed by atoms with E-state index in [0.29, 0.717) is 6.42 Å². The van der Waals surface area contributed by atoms with Crippen molar-refractivity contribution in [1.82, 2.24) is 14.5 Å². The summed E-state index contributed by atoms with van der Waals surface area (Å²) in [5.74, 6) is -3.28. The molecule has 0 aromatic carbocycles. The van der Waals surface area contributed by atoms with E-state index in [-0.39, 0.29) is 6.42 Å². The Balaban J connectivity index is 2.18. The number of nitrogens with one attached hydrogen (secondary N) is 1. The molecule has 0 aliphatic carbocycles. The predicted octanol–water partition coefficient (Wildman–Crippen LogP) is 1.22. The summed E-state index contributed by atoms with van der Waals surface area (Å²) < 4.78 is 31.5. The molecule has 33 heavy (non-hydrogen) atoms. The van der Waals surface area contributed by atoms with Crippen LogP contribution in [0.5, 0.6) is 0 Å². The standard InChI is InChI=1S/C21H31FN4O7/c1-6-25(7-2)10-8-9-16(29)23-19-15(22)11-26(21(30)24-19)20-18(33-14(5)28)17(12(3)31-20)32-13(4)27/h11-12,17-18,20H,6-10H2,1-5H3,(H,23,24,29,30)/t12-,17-,18-,20-/m1/s1. The zero-order valence-corrected chi connectivity index (χ0v) is 19.5. The molecule has 4 atom stereocenters. The number of anilines is 1. The van der Waals surface area contributed by atoms with Gasteiger partial charge in [0.25, 0.3) is 0 Å². The first-order chi connectivity index (χ1) is 15.6. The maximum Gasteiger partial charge on any atom is 0.351 e. The Morgan fingerprint density at radius 1 is 1.18 bits per heavy atom. The van der Waals surface area contributed by atoms with Gasteiger partial charge in [0.2, 0.25) is 5.91 Å². The summed E-state index contributed by atoms with van der Waals surface area (Å²) in [6.45, 7) is 10.4. The highest BCUT2D eigenvalue weighted by atomic mass is 19.1. The van der Waals surface area contributed by atoms with E-state index in [1.54, 1.807) is 6.92 Å². The van der Waals surface area contributed by atoms with Gasteiger partial charge in [-0.2, -0.15) is 4.98 Å². The summed E-state index contributed by atoms with van der Waals surface area (Å²) in [6.07, 6.45) is -2.70. The largest absolute Gasteiger partial charge is 0.456 e. The molecule has 1 aliphatic rings. The molecule has 11 nitrogen and oxygen atoms in total. The topological polar surface area (TPSA) is 129 Å². The Morgan fingerprint density at radius 2 is 1.79 bits per heavy atom. The highest BCUT2D eigenvalue weighted by Gasteiger charge is 2.48. The minimum Gasteiger partial charge on any atom is -0.456 e. The molecule has 0 saturated carbocycles. The van der Waals surface area contributed by atoms with E-state index in [2.05, 4.69) is 15.2 Å². The molecule has 2 heterocycles. The smallest absolute Gasteiger partial charge is 0.351 e. The van der Waals surface area contributed by atoms with Gasteiger partial charge < -0.3 is 24.4 Å². The third-order valence-corrected chi connectivity index (χ3v) is 5.24. The second-order valence-electron chi connectivity index (χ2n) is 7.69. The van der Waals surface area contributed by atoms with Crippen LogP contribution in [0.3, 0.4) is 0 Å². The molecule has 0 unspecified atom stereocenters. The lowest BCUT2D eigenvalue weighted by atomic mass is 10.1. The zero-order chi connectivity index (χ0) is 24.7. The number of hydrogen-bond donors (Lipinski definition) is 1. The molecule has 1 aliphatic heterocycles. The monoisotopic (exact) mass is 470 g/mol. The van der Waals surface area contributed by atoms with Gasteiger partial charge in [-0.3, -0.25) is 19.0 Å². The second-order valence-corrected chi connectivity index (χ2v) is 7.69. The van der Waals surface area contributed by atoms with Crippen LogP contribution in [0.15, 0.2) is 11.0 Å². The lowest BCUT2D eigenvalue weighted by molar-refractivity contribution is -0.165.